The number of alkyl halides is 3. The van der Waals surface area contributed by atoms with Gasteiger partial charge in [0, 0.05) is 5.56 Å². The second-order valence-electron chi connectivity index (χ2n) is 2.96. The number of aromatic carboxylic acids is 1. The number of carboxylic acid groups (broad SMARTS) is 1. The molecular weight excluding hydrogens is 253 g/mol. The Morgan fingerprint density at radius 1 is 1.44 bits per heavy atom. The third-order valence-corrected chi connectivity index (χ3v) is 1.72. The number of para-hydroxylation sites is 1. The minimum Gasteiger partial charge on any atom is -0.545 e. The summed E-state index contributed by atoms with van der Waals surface area (Å²) in [5.41, 5.74) is -0.577. The molecule has 1 aromatic carbocycles. The van der Waals surface area contributed by atoms with E-state index in [2.05, 4.69) is 4.74 Å². The molecule has 1 aromatic rings. The summed E-state index contributed by atoms with van der Waals surface area (Å²) in [6, 6.07) is 2.99. The van der Waals surface area contributed by atoms with Crippen LogP contribution < -0.4 is 14.6 Å². The molecular formula is C11H6F3O4-. The van der Waals surface area contributed by atoms with E-state index in [-0.39, 0.29) is 0 Å². The number of carbonyl (C=O) groups excluding carboxylic acids is 1. The van der Waals surface area contributed by atoms with E-state index in [1.165, 1.54) is 0 Å². The number of carboxylic acids is 1. The van der Waals surface area contributed by atoms with E-state index >= 15 is 0 Å². The highest BCUT2D eigenvalue weighted by atomic mass is 19.4. The SMILES string of the molecule is C#CCOc1c(OC(F)(F)F)cccc1C(=O)[O-]. The Labute approximate surface area is 99.9 Å². The molecule has 0 aliphatic carbocycles. The molecule has 0 heterocycles. The molecule has 7 heteroatoms. The fourth-order valence-electron chi connectivity index (χ4n) is 1.14. The second kappa shape index (κ2) is 5.31. The molecule has 0 radical (unpaired) electrons. The van der Waals surface area contributed by atoms with Gasteiger partial charge in [-0.3, -0.25) is 0 Å². The number of carbonyl (C=O) groups is 1. The highest BCUT2D eigenvalue weighted by Gasteiger charge is 2.33. The van der Waals surface area contributed by atoms with Crippen molar-refractivity contribution in [3.63, 3.8) is 0 Å². The molecule has 0 amide bonds. The van der Waals surface area contributed by atoms with Gasteiger partial charge in [-0.05, 0) is 12.1 Å². The van der Waals surface area contributed by atoms with Gasteiger partial charge in [-0.2, -0.15) is 0 Å². The zero-order valence-corrected chi connectivity index (χ0v) is 8.78. The summed E-state index contributed by atoms with van der Waals surface area (Å²) >= 11 is 0. The maximum atomic E-state index is 12.1. The van der Waals surface area contributed by atoms with Crippen LogP contribution >= 0.6 is 0 Å². The minimum atomic E-state index is -4.97. The van der Waals surface area contributed by atoms with Crippen LogP contribution in [0.2, 0.25) is 0 Å². The normalized spacial score (nSPS) is 10.6. The van der Waals surface area contributed by atoms with Crippen molar-refractivity contribution in [3.05, 3.63) is 23.8 Å². The average Bonchev–Trinajstić information content (AvgIpc) is 2.24. The quantitative estimate of drug-likeness (QED) is 0.756. The summed E-state index contributed by atoms with van der Waals surface area (Å²) < 4.78 is 44.7. The van der Waals surface area contributed by atoms with E-state index in [4.69, 9.17) is 11.2 Å². The predicted octanol–water partition coefficient (Wildman–Crippen LogP) is 0.961. The van der Waals surface area contributed by atoms with Crippen LogP contribution in [0.15, 0.2) is 18.2 Å². The Hall–Kier alpha value is -2.36. The topological polar surface area (TPSA) is 58.6 Å². The maximum Gasteiger partial charge on any atom is 0.573 e. The number of hydrogen-bond donors (Lipinski definition) is 0. The largest absolute Gasteiger partial charge is 0.573 e. The Morgan fingerprint density at radius 3 is 2.61 bits per heavy atom. The molecule has 0 fully saturated rings. The lowest BCUT2D eigenvalue weighted by atomic mass is 10.2. The number of terminal acetylenes is 1. The molecule has 0 aromatic heterocycles. The summed E-state index contributed by atoms with van der Waals surface area (Å²) in [5, 5.41) is 10.7. The highest BCUT2D eigenvalue weighted by Crippen LogP contribution is 2.34. The number of benzene rings is 1. The monoisotopic (exact) mass is 259 g/mol. The van der Waals surface area contributed by atoms with Crippen molar-refractivity contribution in [2.45, 2.75) is 6.36 Å². The number of hydrogen-bond acceptors (Lipinski definition) is 4. The van der Waals surface area contributed by atoms with Gasteiger partial charge in [0.2, 0.25) is 0 Å². The summed E-state index contributed by atoms with van der Waals surface area (Å²) in [5.74, 6) is -1.11. The van der Waals surface area contributed by atoms with Gasteiger partial charge in [-0.1, -0.05) is 12.0 Å². The zero-order chi connectivity index (χ0) is 13.8. The van der Waals surface area contributed by atoms with Gasteiger partial charge in [-0.15, -0.1) is 19.6 Å². The van der Waals surface area contributed by atoms with Crippen LogP contribution in [0.1, 0.15) is 10.4 Å². The predicted molar refractivity (Wildman–Crippen MR) is 51.8 cm³/mol. The van der Waals surface area contributed by atoms with Gasteiger partial charge in [-0.25, -0.2) is 0 Å². The zero-order valence-electron chi connectivity index (χ0n) is 8.78. The molecule has 0 N–H and O–H groups in total. The third-order valence-electron chi connectivity index (χ3n) is 1.72. The van der Waals surface area contributed by atoms with Gasteiger partial charge in [0.15, 0.2) is 11.5 Å². The second-order valence-corrected chi connectivity index (χ2v) is 2.96. The van der Waals surface area contributed by atoms with Gasteiger partial charge in [0.25, 0.3) is 0 Å². The molecule has 0 spiro atoms. The lowest BCUT2D eigenvalue weighted by Crippen LogP contribution is -2.24. The maximum absolute atomic E-state index is 12.1. The smallest absolute Gasteiger partial charge is 0.545 e. The molecule has 0 atom stereocenters. The van der Waals surface area contributed by atoms with E-state index in [1.807, 2.05) is 5.92 Å². The lowest BCUT2D eigenvalue weighted by Gasteiger charge is -2.16. The summed E-state index contributed by atoms with van der Waals surface area (Å²) in [7, 11) is 0. The van der Waals surface area contributed by atoms with Crippen molar-refractivity contribution in [1.82, 2.24) is 0 Å². The minimum absolute atomic E-state index is 0.404. The van der Waals surface area contributed by atoms with Crippen LogP contribution in [0.5, 0.6) is 11.5 Å². The third kappa shape index (κ3) is 3.59. The average molecular weight is 259 g/mol. The molecule has 0 aliphatic heterocycles. The first-order valence-corrected chi connectivity index (χ1v) is 4.51. The van der Waals surface area contributed by atoms with Crippen molar-refractivity contribution in [3.8, 4) is 23.8 Å². The first-order valence-electron chi connectivity index (χ1n) is 4.51. The number of ether oxygens (including phenoxy) is 2. The highest BCUT2D eigenvalue weighted by molar-refractivity contribution is 5.90. The molecule has 96 valence electrons. The van der Waals surface area contributed by atoms with Crippen LogP contribution in [0.3, 0.4) is 0 Å². The molecule has 0 saturated carbocycles. The molecule has 0 aliphatic rings. The molecule has 0 saturated heterocycles. The Bertz CT molecular complexity index is 488. The Balaban J connectivity index is 3.20. The van der Waals surface area contributed by atoms with Gasteiger partial charge < -0.3 is 19.4 Å². The summed E-state index contributed by atoms with van der Waals surface area (Å²) in [6.07, 6.45) is -0.0946. The fraction of sp³-hybridized carbons (Fsp3) is 0.182. The van der Waals surface area contributed by atoms with E-state index in [9.17, 15) is 23.1 Å². The molecule has 18 heavy (non-hydrogen) atoms. The van der Waals surface area contributed by atoms with E-state index < -0.39 is 36.0 Å². The number of rotatable bonds is 4. The van der Waals surface area contributed by atoms with Crippen LogP contribution in [-0.4, -0.2) is 18.9 Å². The fourth-order valence-corrected chi connectivity index (χ4v) is 1.14. The first kappa shape index (κ1) is 13.7. The Kier molecular flexibility index (Phi) is 4.05. The summed E-state index contributed by atoms with van der Waals surface area (Å²) in [4.78, 5) is 10.7. The van der Waals surface area contributed by atoms with Gasteiger partial charge in [0.1, 0.15) is 6.61 Å². The number of halogens is 3. The van der Waals surface area contributed by atoms with Crippen molar-refractivity contribution in [2.24, 2.45) is 0 Å². The van der Waals surface area contributed by atoms with Gasteiger partial charge in [0.05, 0.1) is 5.97 Å². The molecule has 4 nitrogen and oxygen atoms in total. The van der Waals surface area contributed by atoms with E-state index in [0.29, 0.717) is 0 Å². The van der Waals surface area contributed by atoms with Crippen molar-refractivity contribution in [1.29, 1.82) is 0 Å². The first-order chi connectivity index (χ1) is 8.35. The molecule has 0 unspecified atom stereocenters. The molecule has 1 rings (SSSR count). The van der Waals surface area contributed by atoms with Crippen LogP contribution in [-0.2, 0) is 0 Å². The van der Waals surface area contributed by atoms with Crippen molar-refractivity contribution < 1.29 is 32.5 Å². The van der Waals surface area contributed by atoms with Crippen LogP contribution in [0.4, 0.5) is 13.2 Å². The van der Waals surface area contributed by atoms with Crippen molar-refractivity contribution in [2.75, 3.05) is 6.61 Å². The van der Waals surface area contributed by atoms with Crippen molar-refractivity contribution >= 4 is 5.97 Å². The lowest BCUT2D eigenvalue weighted by molar-refractivity contribution is -0.275. The standard InChI is InChI=1S/C11H7F3O4/c1-2-6-17-9-7(10(15)16)4-3-5-8(9)18-11(12,13)14/h1,3-5H,6H2,(H,15,16)/p-1. The van der Waals surface area contributed by atoms with Gasteiger partial charge >= 0.3 is 6.36 Å². The summed E-state index contributed by atoms with van der Waals surface area (Å²) in [6.45, 7) is -0.404. The van der Waals surface area contributed by atoms with Crippen LogP contribution in [0.25, 0.3) is 0 Å². The Morgan fingerprint density at radius 2 is 2.11 bits per heavy atom. The van der Waals surface area contributed by atoms with E-state index in [1.54, 1.807) is 0 Å². The molecule has 0 bridgehead atoms. The van der Waals surface area contributed by atoms with E-state index in [0.717, 1.165) is 18.2 Å². The van der Waals surface area contributed by atoms with Crippen LogP contribution in [0, 0.1) is 12.3 Å².